The van der Waals surface area contributed by atoms with E-state index in [9.17, 15) is 0 Å². The van der Waals surface area contributed by atoms with Crippen molar-refractivity contribution in [3.8, 4) is 0 Å². The van der Waals surface area contributed by atoms with Crippen LogP contribution in [0.15, 0.2) is 0 Å². The Labute approximate surface area is 108 Å². The van der Waals surface area contributed by atoms with E-state index in [2.05, 4.69) is 38.0 Å². The predicted octanol–water partition coefficient (Wildman–Crippen LogP) is 3.28. The van der Waals surface area contributed by atoms with Crippen LogP contribution in [0.5, 0.6) is 0 Å². The fraction of sp³-hybridized carbons (Fsp3) is 1.00. The van der Waals surface area contributed by atoms with E-state index in [4.69, 9.17) is 0 Å². The predicted molar refractivity (Wildman–Crippen MR) is 76.4 cm³/mol. The van der Waals surface area contributed by atoms with Crippen molar-refractivity contribution < 1.29 is 0 Å². The van der Waals surface area contributed by atoms with Crippen molar-refractivity contribution in [2.24, 2.45) is 5.92 Å². The molecular weight excluding hydrogens is 208 g/mol. The standard InChI is InChI=1S/C15H32N2/c1-13(2)17(4)12-8-7-11-16-15-10-6-5-9-14(15)3/h13-16H,5-12H2,1-4H3. The average molecular weight is 240 g/mol. The first-order valence-corrected chi connectivity index (χ1v) is 7.55. The molecule has 2 unspecified atom stereocenters. The zero-order valence-corrected chi connectivity index (χ0v) is 12.3. The molecule has 1 rings (SSSR count). The molecule has 1 fully saturated rings. The van der Waals surface area contributed by atoms with Gasteiger partial charge in [-0.2, -0.15) is 0 Å². The lowest BCUT2D eigenvalue weighted by molar-refractivity contribution is 0.258. The van der Waals surface area contributed by atoms with Crippen molar-refractivity contribution in [2.75, 3.05) is 20.1 Å². The van der Waals surface area contributed by atoms with Gasteiger partial charge in [0.15, 0.2) is 0 Å². The summed E-state index contributed by atoms with van der Waals surface area (Å²) in [6.07, 6.45) is 8.33. The Morgan fingerprint density at radius 1 is 1.18 bits per heavy atom. The summed E-state index contributed by atoms with van der Waals surface area (Å²) in [5.41, 5.74) is 0. The molecule has 1 N–H and O–H groups in total. The Morgan fingerprint density at radius 3 is 2.53 bits per heavy atom. The van der Waals surface area contributed by atoms with E-state index in [-0.39, 0.29) is 0 Å². The van der Waals surface area contributed by atoms with Gasteiger partial charge in [-0.15, -0.1) is 0 Å². The van der Waals surface area contributed by atoms with Crippen LogP contribution in [0.2, 0.25) is 0 Å². The minimum Gasteiger partial charge on any atom is -0.314 e. The van der Waals surface area contributed by atoms with Gasteiger partial charge in [-0.05, 0) is 65.6 Å². The zero-order valence-electron chi connectivity index (χ0n) is 12.3. The highest BCUT2D eigenvalue weighted by molar-refractivity contribution is 4.77. The van der Waals surface area contributed by atoms with Crippen molar-refractivity contribution in [1.82, 2.24) is 10.2 Å². The molecule has 0 bridgehead atoms. The van der Waals surface area contributed by atoms with E-state index in [0.717, 1.165) is 12.0 Å². The van der Waals surface area contributed by atoms with Crippen LogP contribution in [-0.2, 0) is 0 Å². The maximum atomic E-state index is 3.76. The molecule has 0 heterocycles. The third-order valence-corrected chi connectivity index (χ3v) is 4.34. The molecule has 17 heavy (non-hydrogen) atoms. The number of unbranched alkanes of at least 4 members (excludes halogenated alkanes) is 1. The first-order chi connectivity index (χ1) is 8.11. The van der Waals surface area contributed by atoms with Crippen LogP contribution in [0.1, 0.15) is 59.3 Å². The van der Waals surface area contributed by atoms with Gasteiger partial charge in [-0.3, -0.25) is 0 Å². The normalized spacial score (nSPS) is 25.8. The largest absolute Gasteiger partial charge is 0.314 e. The van der Waals surface area contributed by atoms with Crippen LogP contribution in [0.25, 0.3) is 0 Å². The van der Waals surface area contributed by atoms with Crippen LogP contribution in [0, 0.1) is 5.92 Å². The van der Waals surface area contributed by atoms with E-state index < -0.39 is 0 Å². The Bertz CT molecular complexity index is 191. The molecule has 2 heteroatoms. The molecule has 0 amide bonds. The second-order valence-electron chi connectivity index (χ2n) is 6.10. The molecular formula is C15H32N2. The molecule has 0 spiro atoms. The Kier molecular flexibility index (Phi) is 7.14. The summed E-state index contributed by atoms with van der Waals surface area (Å²) < 4.78 is 0. The third-order valence-electron chi connectivity index (χ3n) is 4.34. The lowest BCUT2D eigenvalue weighted by Gasteiger charge is -2.29. The monoisotopic (exact) mass is 240 g/mol. The number of nitrogens with one attached hydrogen (secondary N) is 1. The van der Waals surface area contributed by atoms with Crippen LogP contribution >= 0.6 is 0 Å². The van der Waals surface area contributed by atoms with E-state index in [1.165, 1.54) is 51.6 Å². The van der Waals surface area contributed by atoms with E-state index in [0.29, 0.717) is 6.04 Å². The Hall–Kier alpha value is -0.0800. The van der Waals surface area contributed by atoms with Crippen molar-refractivity contribution in [2.45, 2.75) is 71.4 Å². The zero-order chi connectivity index (χ0) is 12.7. The summed E-state index contributed by atoms with van der Waals surface area (Å²) in [5.74, 6) is 0.891. The van der Waals surface area contributed by atoms with Gasteiger partial charge in [-0.1, -0.05) is 19.8 Å². The van der Waals surface area contributed by atoms with E-state index in [1.807, 2.05) is 0 Å². The summed E-state index contributed by atoms with van der Waals surface area (Å²) in [7, 11) is 2.22. The average Bonchev–Trinajstić information content (AvgIpc) is 2.30. The van der Waals surface area contributed by atoms with Gasteiger partial charge in [0.25, 0.3) is 0 Å². The first kappa shape index (κ1) is 15.0. The number of hydrogen-bond donors (Lipinski definition) is 1. The summed E-state index contributed by atoms with van der Waals surface area (Å²) in [4.78, 5) is 2.43. The minimum atomic E-state index is 0.682. The topological polar surface area (TPSA) is 15.3 Å². The molecule has 0 aliphatic heterocycles. The van der Waals surface area contributed by atoms with Crippen molar-refractivity contribution in [3.05, 3.63) is 0 Å². The van der Waals surface area contributed by atoms with Crippen molar-refractivity contribution >= 4 is 0 Å². The van der Waals surface area contributed by atoms with Crippen molar-refractivity contribution in [3.63, 3.8) is 0 Å². The minimum absolute atomic E-state index is 0.682. The van der Waals surface area contributed by atoms with Crippen molar-refractivity contribution in [1.29, 1.82) is 0 Å². The molecule has 2 nitrogen and oxygen atoms in total. The molecule has 2 atom stereocenters. The highest BCUT2D eigenvalue weighted by Crippen LogP contribution is 2.23. The third kappa shape index (κ3) is 5.87. The van der Waals surface area contributed by atoms with E-state index >= 15 is 0 Å². The molecule has 1 saturated carbocycles. The Morgan fingerprint density at radius 2 is 1.88 bits per heavy atom. The molecule has 0 aromatic rings. The molecule has 0 aromatic heterocycles. The maximum absolute atomic E-state index is 3.76. The van der Waals surface area contributed by atoms with Crippen LogP contribution in [0.3, 0.4) is 0 Å². The lowest BCUT2D eigenvalue weighted by Crippen LogP contribution is -2.38. The van der Waals surface area contributed by atoms with Gasteiger partial charge in [0, 0.05) is 12.1 Å². The van der Waals surface area contributed by atoms with E-state index in [1.54, 1.807) is 0 Å². The maximum Gasteiger partial charge on any atom is 0.00926 e. The van der Waals surface area contributed by atoms with Crippen LogP contribution < -0.4 is 5.32 Å². The fourth-order valence-electron chi connectivity index (χ4n) is 2.65. The van der Waals surface area contributed by atoms with Crippen LogP contribution in [0.4, 0.5) is 0 Å². The summed E-state index contributed by atoms with van der Waals surface area (Å²) in [6, 6.07) is 1.48. The summed E-state index contributed by atoms with van der Waals surface area (Å²) in [6.45, 7) is 9.38. The molecule has 102 valence electrons. The molecule has 0 saturated heterocycles. The highest BCUT2D eigenvalue weighted by atomic mass is 15.1. The highest BCUT2D eigenvalue weighted by Gasteiger charge is 2.19. The second-order valence-corrected chi connectivity index (χ2v) is 6.10. The number of rotatable bonds is 7. The van der Waals surface area contributed by atoms with Gasteiger partial charge in [0.2, 0.25) is 0 Å². The smallest absolute Gasteiger partial charge is 0.00926 e. The Balaban J connectivity index is 2.00. The lowest BCUT2D eigenvalue weighted by atomic mass is 9.86. The van der Waals surface area contributed by atoms with Gasteiger partial charge in [0.05, 0.1) is 0 Å². The number of hydrogen-bond acceptors (Lipinski definition) is 2. The van der Waals surface area contributed by atoms with Gasteiger partial charge in [0.1, 0.15) is 0 Å². The van der Waals surface area contributed by atoms with Crippen LogP contribution in [-0.4, -0.2) is 37.1 Å². The second kappa shape index (κ2) is 8.10. The van der Waals surface area contributed by atoms with Gasteiger partial charge in [-0.25, -0.2) is 0 Å². The molecule has 0 radical (unpaired) electrons. The van der Waals surface area contributed by atoms with Gasteiger partial charge >= 0.3 is 0 Å². The molecule has 0 aromatic carbocycles. The number of nitrogens with zero attached hydrogens (tertiary/aromatic N) is 1. The molecule has 1 aliphatic carbocycles. The fourth-order valence-corrected chi connectivity index (χ4v) is 2.65. The summed E-state index contributed by atoms with van der Waals surface area (Å²) >= 11 is 0. The summed E-state index contributed by atoms with van der Waals surface area (Å²) in [5, 5.41) is 3.76. The molecule has 1 aliphatic rings. The first-order valence-electron chi connectivity index (χ1n) is 7.55. The quantitative estimate of drug-likeness (QED) is 0.687. The SMILES string of the molecule is CC1CCCCC1NCCCCN(C)C(C)C. The van der Waals surface area contributed by atoms with Gasteiger partial charge < -0.3 is 10.2 Å².